The van der Waals surface area contributed by atoms with Gasteiger partial charge in [0.2, 0.25) is 5.89 Å². The summed E-state index contributed by atoms with van der Waals surface area (Å²) < 4.78 is 5.54. The molecule has 0 amide bonds. The molecule has 2 atom stereocenters. The lowest BCUT2D eigenvalue weighted by atomic mass is 9.96. The molecule has 1 aliphatic heterocycles. The SMILES string of the molecule is Cc1cnc(CN2CCCC(Nc3ccc(Cl)cn3)C2C)c(-c2ncco2)c1. The number of piperidine rings is 1. The van der Waals surface area contributed by atoms with Gasteiger partial charge in [0, 0.05) is 31.0 Å². The summed E-state index contributed by atoms with van der Waals surface area (Å²) in [4.78, 5) is 15.9. The van der Waals surface area contributed by atoms with Crippen LogP contribution in [0, 0.1) is 6.92 Å². The first kappa shape index (κ1) is 18.9. The van der Waals surface area contributed by atoms with E-state index in [2.05, 4.69) is 33.2 Å². The fraction of sp³-hybridized carbons (Fsp3) is 0.381. The van der Waals surface area contributed by atoms with E-state index < -0.39 is 0 Å². The van der Waals surface area contributed by atoms with Gasteiger partial charge in [0.25, 0.3) is 0 Å². The zero-order chi connectivity index (χ0) is 19.5. The van der Waals surface area contributed by atoms with Crippen molar-refractivity contribution in [3.8, 4) is 11.5 Å². The number of hydrogen-bond acceptors (Lipinski definition) is 6. The normalized spacial score (nSPS) is 20.2. The standard InChI is InChI=1S/C21H24ClN5O/c1-14-10-17(21-23-7-9-28-21)19(24-11-14)13-27-8-3-4-18(15(27)2)26-20-6-5-16(22)12-25-20/h5-7,9-12,15,18H,3-4,8,13H2,1-2H3,(H,25,26). The lowest BCUT2D eigenvalue weighted by Crippen LogP contribution is -2.49. The molecular weight excluding hydrogens is 374 g/mol. The predicted molar refractivity (Wildman–Crippen MR) is 110 cm³/mol. The lowest BCUT2D eigenvalue weighted by Gasteiger charge is -2.40. The summed E-state index contributed by atoms with van der Waals surface area (Å²) in [5.41, 5.74) is 3.05. The van der Waals surface area contributed by atoms with Crippen LogP contribution in [0.3, 0.4) is 0 Å². The summed E-state index contributed by atoms with van der Waals surface area (Å²) >= 11 is 5.95. The van der Waals surface area contributed by atoms with Gasteiger partial charge in [-0.05, 0) is 57.0 Å². The number of aryl methyl sites for hydroxylation is 1. The van der Waals surface area contributed by atoms with Gasteiger partial charge in [0.1, 0.15) is 12.1 Å². The van der Waals surface area contributed by atoms with Gasteiger partial charge in [-0.1, -0.05) is 11.6 Å². The molecule has 3 aromatic rings. The van der Waals surface area contributed by atoms with Crippen molar-refractivity contribution in [1.29, 1.82) is 0 Å². The van der Waals surface area contributed by atoms with Gasteiger partial charge in [0.15, 0.2) is 0 Å². The average Bonchev–Trinajstić information content (AvgIpc) is 3.22. The largest absolute Gasteiger partial charge is 0.444 e. The van der Waals surface area contributed by atoms with E-state index >= 15 is 0 Å². The Morgan fingerprint density at radius 2 is 2.14 bits per heavy atom. The molecule has 3 aromatic heterocycles. The zero-order valence-electron chi connectivity index (χ0n) is 16.1. The molecular formula is C21H24ClN5O. The number of rotatable bonds is 5. The number of halogens is 1. The number of likely N-dealkylation sites (tertiary alicyclic amines) is 1. The van der Waals surface area contributed by atoms with Crippen LogP contribution >= 0.6 is 11.6 Å². The topological polar surface area (TPSA) is 67.1 Å². The molecule has 1 fully saturated rings. The molecule has 4 heterocycles. The molecule has 0 saturated carbocycles. The molecule has 1 saturated heterocycles. The molecule has 1 aliphatic rings. The number of aromatic nitrogens is 3. The monoisotopic (exact) mass is 397 g/mol. The maximum atomic E-state index is 5.95. The van der Waals surface area contributed by atoms with Crippen molar-refractivity contribution in [2.45, 2.75) is 45.3 Å². The molecule has 0 radical (unpaired) electrons. The molecule has 7 heteroatoms. The van der Waals surface area contributed by atoms with Crippen LogP contribution in [0.2, 0.25) is 5.02 Å². The van der Waals surface area contributed by atoms with Crippen molar-refractivity contribution in [2.75, 3.05) is 11.9 Å². The van der Waals surface area contributed by atoms with Crippen LogP contribution in [0.25, 0.3) is 11.5 Å². The summed E-state index contributed by atoms with van der Waals surface area (Å²) in [6, 6.07) is 6.54. The van der Waals surface area contributed by atoms with E-state index in [0.29, 0.717) is 23.0 Å². The van der Waals surface area contributed by atoms with Gasteiger partial charge in [-0.25, -0.2) is 9.97 Å². The first-order chi connectivity index (χ1) is 13.6. The van der Waals surface area contributed by atoms with Gasteiger partial charge < -0.3 is 9.73 Å². The van der Waals surface area contributed by atoms with E-state index in [1.807, 2.05) is 25.3 Å². The molecule has 0 aliphatic carbocycles. The Labute approximate surface area is 170 Å². The third-order valence-corrected chi connectivity index (χ3v) is 5.53. The Balaban J connectivity index is 1.51. The summed E-state index contributed by atoms with van der Waals surface area (Å²) in [6.45, 7) is 6.08. The van der Waals surface area contributed by atoms with Crippen LogP contribution in [0.15, 0.2) is 47.5 Å². The number of nitrogens with zero attached hydrogens (tertiary/aromatic N) is 4. The highest BCUT2D eigenvalue weighted by Crippen LogP contribution is 2.27. The van der Waals surface area contributed by atoms with E-state index in [1.165, 1.54) is 0 Å². The van der Waals surface area contributed by atoms with E-state index in [-0.39, 0.29) is 0 Å². The average molecular weight is 398 g/mol. The summed E-state index contributed by atoms with van der Waals surface area (Å²) in [7, 11) is 0. The summed E-state index contributed by atoms with van der Waals surface area (Å²) in [5.74, 6) is 1.48. The quantitative estimate of drug-likeness (QED) is 0.680. The van der Waals surface area contributed by atoms with E-state index in [4.69, 9.17) is 21.0 Å². The van der Waals surface area contributed by atoms with Crippen LogP contribution in [0.5, 0.6) is 0 Å². The minimum atomic E-state index is 0.318. The van der Waals surface area contributed by atoms with Crippen molar-refractivity contribution in [3.05, 3.63) is 59.3 Å². The van der Waals surface area contributed by atoms with Crippen molar-refractivity contribution in [3.63, 3.8) is 0 Å². The second-order valence-electron chi connectivity index (χ2n) is 7.31. The predicted octanol–water partition coefficient (Wildman–Crippen LogP) is 4.56. The van der Waals surface area contributed by atoms with Gasteiger partial charge in [-0.3, -0.25) is 9.88 Å². The Hall–Kier alpha value is -2.44. The molecule has 28 heavy (non-hydrogen) atoms. The van der Waals surface area contributed by atoms with E-state index in [0.717, 1.165) is 48.6 Å². The number of anilines is 1. The Morgan fingerprint density at radius 1 is 1.25 bits per heavy atom. The maximum absolute atomic E-state index is 5.95. The highest BCUT2D eigenvalue weighted by Gasteiger charge is 2.29. The van der Waals surface area contributed by atoms with E-state index in [9.17, 15) is 0 Å². The highest BCUT2D eigenvalue weighted by atomic mass is 35.5. The molecule has 1 N–H and O–H groups in total. The Kier molecular flexibility index (Phi) is 5.59. The van der Waals surface area contributed by atoms with Crippen molar-refractivity contribution >= 4 is 17.4 Å². The van der Waals surface area contributed by atoms with Gasteiger partial charge in [-0.2, -0.15) is 0 Å². The van der Waals surface area contributed by atoms with Gasteiger partial charge >= 0.3 is 0 Å². The first-order valence-corrected chi connectivity index (χ1v) is 9.95. The molecule has 6 nitrogen and oxygen atoms in total. The van der Waals surface area contributed by atoms with Crippen LogP contribution in [-0.2, 0) is 6.54 Å². The molecule has 0 bridgehead atoms. The molecule has 0 spiro atoms. The second kappa shape index (κ2) is 8.29. The highest BCUT2D eigenvalue weighted by molar-refractivity contribution is 6.30. The van der Waals surface area contributed by atoms with E-state index in [1.54, 1.807) is 18.7 Å². The fourth-order valence-corrected chi connectivity index (χ4v) is 3.85. The third-order valence-electron chi connectivity index (χ3n) is 5.30. The van der Waals surface area contributed by atoms with Crippen LogP contribution in [0.1, 0.15) is 31.0 Å². The van der Waals surface area contributed by atoms with Crippen molar-refractivity contribution in [2.24, 2.45) is 0 Å². The van der Waals surface area contributed by atoms with Gasteiger partial charge in [0.05, 0.1) is 22.5 Å². The lowest BCUT2D eigenvalue weighted by molar-refractivity contribution is 0.138. The van der Waals surface area contributed by atoms with Crippen molar-refractivity contribution < 1.29 is 4.42 Å². The minimum absolute atomic E-state index is 0.318. The summed E-state index contributed by atoms with van der Waals surface area (Å²) in [6.07, 6.45) is 9.08. The second-order valence-corrected chi connectivity index (χ2v) is 7.75. The summed E-state index contributed by atoms with van der Waals surface area (Å²) in [5, 5.41) is 4.21. The molecule has 2 unspecified atom stereocenters. The molecule has 0 aromatic carbocycles. The zero-order valence-corrected chi connectivity index (χ0v) is 16.9. The first-order valence-electron chi connectivity index (χ1n) is 9.57. The smallest absolute Gasteiger partial charge is 0.227 e. The number of nitrogens with one attached hydrogen (secondary N) is 1. The van der Waals surface area contributed by atoms with Crippen molar-refractivity contribution in [1.82, 2.24) is 19.9 Å². The van der Waals surface area contributed by atoms with Gasteiger partial charge in [-0.15, -0.1) is 0 Å². The third kappa shape index (κ3) is 4.18. The van der Waals surface area contributed by atoms with Crippen LogP contribution < -0.4 is 5.32 Å². The van der Waals surface area contributed by atoms with Crippen LogP contribution in [-0.4, -0.2) is 38.5 Å². The van der Waals surface area contributed by atoms with Crippen LogP contribution in [0.4, 0.5) is 5.82 Å². The maximum Gasteiger partial charge on any atom is 0.227 e. The molecule has 146 valence electrons. The number of oxazole rings is 1. The Bertz CT molecular complexity index is 913. The molecule has 4 rings (SSSR count). The number of hydrogen-bond donors (Lipinski definition) is 1. The minimum Gasteiger partial charge on any atom is -0.444 e. The Morgan fingerprint density at radius 3 is 2.89 bits per heavy atom. The number of pyridine rings is 2. The fourth-order valence-electron chi connectivity index (χ4n) is 3.74.